The van der Waals surface area contributed by atoms with Crippen molar-refractivity contribution in [2.45, 2.75) is 26.0 Å². The molecule has 0 spiro atoms. The van der Waals surface area contributed by atoms with E-state index in [-0.39, 0.29) is 17.6 Å². The number of halogens is 1. The largest absolute Gasteiger partial charge is 0.448 e. The minimum absolute atomic E-state index is 0.131. The van der Waals surface area contributed by atoms with Gasteiger partial charge in [-0.3, -0.25) is 9.89 Å². The molecule has 0 aliphatic rings. The maximum atomic E-state index is 13.0. The summed E-state index contributed by atoms with van der Waals surface area (Å²) >= 11 is 0. The van der Waals surface area contributed by atoms with E-state index in [9.17, 15) is 14.0 Å². The van der Waals surface area contributed by atoms with Crippen LogP contribution in [-0.2, 0) is 9.53 Å². The fraction of sp³-hybridized carbons (Fsp3) is 0.211. The maximum Gasteiger partial charge on any atom is 0.360 e. The Kier molecular flexibility index (Phi) is 4.97. The van der Waals surface area contributed by atoms with Crippen molar-refractivity contribution < 1.29 is 18.7 Å². The van der Waals surface area contributed by atoms with Crippen molar-refractivity contribution in [3.05, 3.63) is 65.6 Å². The molecule has 7 heteroatoms. The Morgan fingerprint density at radius 3 is 2.54 bits per heavy atom. The molecule has 0 aliphatic heterocycles. The number of benzene rings is 2. The molecule has 2 N–H and O–H groups in total. The van der Waals surface area contributed by atoms with Gasteiger partial charge in [0.05, 0.1) is 11.6 Å². The van der Waals surface area contributed by atoms with E-state index >= 15 is 0 Å². The van der Waals surface area contributed by atoms with Crippen LogP contribution in [0.3, 0.4) is 0 Å². The number of esters is 1. The average Bonchev–Trinajstić information content (AvgIpc) is 3.06. The number of amides is 1. The van der Waals surface area contributed by atoms with Gasteiger partial charge < -0.3 is 10.1 Å². The topological polar surface area (TPSA) is 84.1 Å². The van der Waals surface area contributed by atoms with Gasteiger partial charge >= 0.3 is 5.97 Å². The lowest BCUT2D eigenvalue weighted by Crippen LogP contribution is -2.37. The molecule has 0 bridgehead atoms. The summed E-state index contributed by atoms with van der Waals surface area (Å²) in [5, 5.41) is 10.1. The number of H-pyrrole nitrogens is 1. The van der Waals surface area contributed by atoms with Gasteiger partial charge in [0.2, 0.25) is 0 Å². The SMILES string of the molecule is C[C@@H](OC(=O)c1n[nH]c2ccccc12)C(=O)N[C@H](C)c1ccc(F)cc1. The minimum Gasteiger partial charge on any atom is -0.448 e. The first-order valence-electron chi connectivity index (χ1n) is 8.15. The van der Waals surface area contributed by atoms with E-state index < -0.39 is 18.0 Å². The molecule has 0 aliphatic carbocycles. The monoisotopic (exact) mass is 355 g/mol. The van der Waals surface area contributed by atoms with Crippen LogP contribution in [0.15, 0.2) is 48.5 Å². The van der Waals surface area contributed by atoms with Crippen LogP contribution in [0.5, 0.6) is 0 Å². The lowest BCUT2D eigenvalue weighted by Gasteiger charge is -2.18. The molecule has 1 amide bonds. The number of hydrogen-bond acceptors (Lipinski definition) is 4. The third-order valence-electron chi connectivity index (χ3n) is 4.05. The minimum atomic E-state index is -0.999. The summed E-state index contributed by atoms with van der Waals surface area (Å²) in [6.07, 6.45) is -0.999. The van der Waals surface area contributed by atoms with Crippen molar-refractivity contribution in [1.82, 2.24) is 15.5 Å². The van der Waals surface area contributed by atoms with Crippen molar-refractivity contribution in [1.29, 1.82) is 0 Å². The highest BCUT2D eigenvalue weighted by Gasteiger charge is 2.23. The van der Waals surface area contributed by atoms with Gasteiger partial charge in [-0.1, -0.05) is 30.3 Å². The zero-order valence-corrected chi connectivity index (χ0v) is 14.3. The van der Waals surface area contributed by atoms with Crippen molar-refractivity contribution in [3.63, 3.8) is 0 Å². The van der Waals surface area contributed by atoms with E-state index in [0.717, 1.165) is 5.56 Å². The highest BCUT2D eigenvalue weighted by atomic mass is 19.1. The molecule has 1 heterocycles. The van der Waals surface area contributed by atoms with Crippen LogP contribution >= 0.6 is 0 Å². The molecular weight excluding hydrogens is 337 g/mol. The van der Waals surface area contributed by atoms with Gasteiger partial charge in [-0.05, 0) is 37.6 Å². The van der Waals surface area contributed by atoms with E-state index in [1.807, 2.05) is 6.07 Å². The quantitative estimate of drug-likeness (QED) is 0.689. The Balaban J connectivity index is 1.63. The second kappa shape index (κ2) is 7.35. The molecule has 3 rings (SSSR count). The fourth-order valence-corrected chi connectivity index (χ4v) is 2.55. The second-order valence-corrected chi connectivity index (χ2v) is 5.95. The summed E-state index contributed by atoms with van der Waals surface area (Å²) in [7, 11) is 0. The van der Waals surface area contributed by atoms with Crippen LogP contribution < -0.4 is 5.32 Å². The summed E-state index contributed by atoms with van der Waals surface area (Å²) in [6.45, 7) is 3.25. The molecule has 26 heavy (non-hydrogen) atoms. The summed E-state index contributed by atoms with van der Waals surface area (Å²) in [5.41, 5.74) is 1.59. The molecule has 1 aromatic heterocycles. The van der Waals surface area contributed by atoms with Crippen molar-refractivity contribution in [3.8, 4) is 0 Å². The van der Waals surface area contributed by atoms with Crippen LogP contribution in [0.1, 0.15) is 35.9 Å². The molecule has 0 radical (unpaired) electrons. The third kappa shape index (κ3) is 3.72. The normalized spacial score (nSPS) is 13.2. The molecule has 3 aromatic rings. The van der Waals surface area contributed by atoms with Crippen LogP contribution in [-0.4, -0.2) is 28.2 Å². The highest BCUT2D eigenvalue weighted by molar-refractivity contribution is 6.02. The number of ether oxygens (including phenoxy) is 1. The molecule has 0 saturated carbocycles. The first-order valence-corrected chi connectivity index (χ1v) is 8.15. The molecule has 0 unspecified atom stereocenters. The fourth-order valence-electron chi connectivity index (χ4n) is 2.55. The van der Waals surface area contributed by atoms with E-state index in [2.05, 4.69) is 15.5 Å². The van der Waals surface area contributed by atoms with E-state index in [1.165, 1.54) is 19.1 Å². The first-order chi connectivity index (χ1) is 12.5. The lowest BCUT2D eigenvalue weighted by atomic mass is 10.1. The van der Waals surface area contributed by atoms with E-state index in [4.69, 9.17) is 4.74 Å². The Labute approximate surface area is 149 Å². The number of fused-ring (bicyclic) bond motifs is 1. The Hall–Kier alpha value is -3.22. The molecule has 2 aromatic carbocycles. The third-order valence-corrected chi connectivity index (χ3v) is 4.05. The zero-order chi connectivity index (χ0) is 18.7. The van der Waals surface area contributed by atoms with Crippen LogP contribution in [0.2, 0.25) is 0 Å². The van der Waals surface area contributed by atoms with Crippen molar-refractivity contribution >= 4 is 22.8 Å². The molecular formula is C19H18FN3O3. The van der Waals surface area contributed by atoms with E-state index in [1.54, 1.807) is 37.3 Å². The summed E-state index contributed by atoms with van der Waals surface area (Å²) < 4.78 is 18.2. The maximum absolute atomic E-state index is 13.0. The van der Waals surface area contributed by atoms with Crippen LogP contribution in [0.4, 0.5) is 4.39 Å². The number of carbonyl (C=O) groups excluding carboxylic acids is 2. The van der Waals surface area contributed by atoms with Crippen LogP contribution in [0, 0.1) is 5.82 Å². The summed E-state index contributed by atoms with van der Waals surface area (Å²) in [5.74, 6) is -1.48. The summed E-state index contributed by atoms with van der Waals surface area (Å²) in [6, 6.07) is 12.6. The van der Waals surface area contributed by atoms with Gasteiger partial charge in [0, 0.05) is 5.39 Å². The number of rotatable bonds is 5. The van der Waals surface area contributed by atoms with E-state index in [0.29, 0.717) is 10.9 Å². The molecule has 6 nitrogen and oxygen atoms in total. The van der Waals surface area contributed by atoms with Crippen molar-refractivity contribution in [2.75, 3.05) is 0 Å². The zero-order valence-electron chi connectivity index (χ0n) is 14.3. The molecule has 2 atom stereocenters. The standard InChI is InChI=1S/C19H18FN3O3/c1-11(13-7-9-14(20)10-8-13)21-18(24)12(2)26-19(25)17-15-5-3-4-6-16(15)22-23-17/h3-12H,1-2H3,(H,21,24)(H,22,23)/t11-,12-/m1/s1. The lowest BCUT2D eigenvalue weighted by molar-refractivity contribution is -0.129. The smallest absolute Gasteiger partial charge is 0.360 e. The van der Waals surface area contributed by atoms with Crippen molar-refractivity contribution in [2.24, 2.45) is 0 Å². The predicted molar refractivity (Wildman–Crippen MR) is 93.9 cm³/mol. The highest BCUT2D eigenvalue weighted by Crippen LogP contribution is 2.17. The van der Waals surface area contributed by atoms with Gasteiger partial charge in [0.25, 0.3) is 5.91 Å². The number of aromatic nitrogens is 2. The van der Waals surface area contributed by atoms with Gasteiger partial charge in [-0.15, -0.1) is 0 Å². The summed E-state index contributed by atoms with van der Waals surface area (Å²) in [4.78, 5) is 24.6. The van der Waals surface area contributed by atoms with Gasteiger partial charge in [-0.25, -0.2) is 9.18 Å². The number of nitrogens with one attached hydrogen (secondary N) is 2. The van der Waals surface area contributed by atoms with Gasteiger partial charge in [-0.2, -0.15) is 5.10 Å². The van der Waals surface area contributed by atoms with Gasteiger partial charge in [0.1, 0.15) is 5.82 Å². The van der Waals surface area contributed by atoms with Crippen LogP contribution in [0.25, 0.3) is 10.9 Å². The van der Waals surface area contributed by atoms with Gasteiger partial charge in [0.15, 0.2) is 11.8 Å². The molecule has 134 valence electrons. The Morgan fingerprint density at radius 1 is 1.12 bits per heavy atom. The number of hydrogen-bond donors (Lipinski definition) is 2. The number of para-hydroxylation sites is 1. The first kappa shape index (κ1) is 17.6. The number of nitrogens with zero attached hydrogens (tertiary/aromatic N) is 1. The second-order valence-electron chi connectivity index (χ2n) is 5.95. The predicted octanol–water partition coefficient (Wildman–Crippen LogP) is 3.12. The Morgan fingerprint density at radius 2 is 1.81 bits per heavy atom. The number of carbonyl (C=O) groups is 2. The average molecular weight is 355 g/mol. The Bertz CT molecular complexity index is 937. The number of aromatic amines is 1. The molecule has 0 saturated heterocycles. The molecule has 0 fully saturated rings.